The Morgan fingerprint density at radius 2 is 1.84 bits per heavy atom. The summed E-state index contributed by atoms with van der Waals surface area (Å²) in [5, 5.41) is 3.69. The molecular weight excluding hydrogens is 438 g/mol. The Morgan fingerprint density at radius 1 is 1.12 bits per heavy atom. The quantitative estimate of drug-likeness (QED) is 0.365. The zero-order valence-electron chi connectivity index (χ0n) is 19.9. The lowest BCUT2D eigenvalue weighted by molar-refractivity contribution is -0.113. The molecule has 0 fully saturated rings. The van der Waals surface area contributed by atoms with E-state index in [2.05, 4.69) is 51.2 Å². The summed E-state index contributed by atoms with van der Waals surface area (Å²) in [6.45, 7) is 10.8. The second-order valence-electron chi connectivity index (χ2n) is 9.41. The van der Waals surface area contributed by atoms with E-state index >= 15 is 0 Å². The Bertz CT molecular complexity index is 972. The van der Waals surface area contributed by atoms with E-state index in [0.29, 0.717) is 22.9 Å². The molecule has 4 nitrogen and oxygen atoms in total. The van der Waals surface area contributed by atoms with E-state index in [4.69, 9.17) is 4.74 Å². The number of thiophene rings is 1. The highest BCUT2D eigenvalue weighted by Crippen LogP contribution is 2.38. The van der Waals surface area contributed by atoms with Gasteiger partial charge in [-0.3, -0.25) is 4.79 Å². The molecule has 1 aliphatic carbocycles. The topological polar surface area (TPSA) is 55.4 Å². The number of amides is 1. The molecule has 0 saturated carbocycles. The summed E-state index contributed by atoms with van der Waals surface area (Å²) < 4.78 is 5.35. The Morgan fingerprint density at radius 3 is 2.53 bits per heavy atom. The number of hydrogen-bond donors (Lipinski definition) is 1. The molecule has 174 valence electrons. The molecule has 1 aromatic heterocycles. The number of ether oxygens (including phenoxy) is 1. The van der Waals surface area contributed by atoms with Crippen molar-refractivity contribution in [2.24, 2.45) is 0 Å². The highest BCUT2D eigenvalue weighted by atomic mass is 32.2. The molecule has 3 rings (SSSR count). The number of rotatable bonds is 6. The number of thioether (sulfide) groups is 1. The SMILES string of the molecule is CCOC(=O)c1c(NC(=O)CSc2cc(C(C)(C)C)ccc2C)sc2c1CCCCCC2. The summed E-state index contributed by atoms with van der Waals surface area (Å²) in [6, 6.07) is 6.47. The molecule has 1 heterocycles. The van der Waals surface area contributed by atoms with Crippen LogP contribution in [0.25, 0.3) is 0 Å². The highest BCUT2D eigenvalue weighted by Gasteiger charge is 2.26. The summed E-state index contributed by atoms with van der Waals surface area (Å²) in [4.78, 5) is 28.0. The molecule has 32 heavy (non-hydrogen) atoms. The number of nitrogens with one attached hydrogen (secondary N) is 1. The number of anilines is 1. The van der Waals surface area contributed by atoms with E-state index in [0.717, 1.165) is 36.1 Å². The van der Waals surface area contributed by atoms with Crippen molar-refractivity contribution in [3.63, 3.8) is 0 Å². The van der Waals surface area contributed by atoms with Crippen LogP contribution < -0.4 is 5.32 Å². The molecule has 1 amide bonds. The fourth-order valence-corrected chi connectivity index (χ4v) is 6.11. The molecule has 0 radical (unpaired) electrons. The van der Waals surface area contributed by atoms with Crippen molar-refractivity contribution in [1.82, 2.24) is 0 Å². The fraction of sp³-hybridized carbons (Fsp3) is 0.538. The van der Waals surface area contributed by atoms with Crippen LogP contribution in [0.5, 0.6) is 0 Å². The van der Waals surface area contributed by atoms with Crippen molar-refractivity contribution >= 4 is 40.0 Å². The van der Waals surface area contributed by atoms with Gasteiger partial charge in [0, 0.05) is 9.77 Å². The number of benzene rings is 1. The first-order valence-electron chi connectivity index (χ1n) is 11.6. The summed E-state index contributed by atoms with van der Waals surface area (Å²) in [7, 11) is 0. The first kappa shape index (κ1) is 24.8. The van der Waals surface area contributed by atoms with Gasteiger partial charge in [0.25, 0.3) is 0 Å². The minimum atomic E-state index is -0.317. The van der Waals surface area contributed by atoms with E-state index in [-0.39, 0.29) is 17.3 Å². The average Bonchev–Trinajstić information content (AvgIpc) is 3.02. The third-order valence-corrected chi connectivity index (χ3v) is 8.18. The number of hydrogen-bond acceptors (Lipinski definition) is 5. The van der Waals surface area contributed by atoms with Gasteiger partial charge in [0.05, 0.1) is 17.9 Å². The van der Waals surface area contributed by atoms with Gasteiger partial charge in [0.1, 0.15) is 5.00 Å². The van der Waals surface area contributed by atoms with Crippen LogP contribution in [0.15, 0.2) is 23.1 Å². The molecule has 0 atom stereocenters. The lowest BCUT2D eigenvalue weighted by Gasteiger charge is -2.20. The maximum absolute atomic E-state index is 12.9. The summed E-state index contributed by atoms with van der Waals surface area (Å²) in [6.07, 6.45) is 6.45. The normalized spacial score (nSPS) is 14.3. The fourth-order valence-electron chi connectivity index (χ4n) is 3.95. The summed E-state index contributed by atoms with van der Waals surface area (Å²) in [5.74, 6) is -0.100. The summed E-state index contributed by atoms with van der Waals surface area (Å²) in [5.41, 5.74) is 4.16. The lowest BCUT2D eigenvalue weighted by Crippen LogP contribution is -2.17. The van der Waals surface area contributed by atoms with Crippen LogP contribution >= 0.6 is 23.1 Å². The van der Waals surface area contributed by atoms with Crippen molar-refractivity contribution < 1.29 is 14.3 Å². The predicted molar refractivity (Wildman–Crippen MR) is 135 cm³/mol. The maximum Gasteiger partial charge on any atom is 0.341 e. The minimum Gasteiger partial charge on any atom is -0.462 e. The van der Waals surface area contributed by atoms with Crippen molar-refractivity contribution in [3.8, 4) is 0 Å². The van der Waals surface area contributed by atoms with E-state index in [9.17, 15) is 9.59 Å². The van der Waals surface area contributed by atoms with Gasteiger partial charge in [-0.25, -0.2) is 4.79 Å². The first-order chi connectivity index (χ1) is 15.2. The van der Waals surface area contributed by atoms with Gasteiger partial charge in [-0.1, -0.05) is 45.7 Å². The molecular formula is C26H35NO3S2. The number of fused-ring (bicyclic) bond motifs is 1. The molecule has 1 aromatic carbocycles. The van der Waals surface area contributed by atoms with Gasteiger partial charge >= 0.3 is 5.97 Å². The molecule has 1 aliphatic rings. The molecule has 0 unspecified atom stereocenters. The second-order valence-corrected chi connectivity index (χ2v) is 11.5. The number of aryl methyl sites for hydroxylation is 2. The van der Waals surface area contributed by atoms with Gasteiger partial charge in [-0.15, -0.1) is 23.1 Å². The number of esters is 1. The monoisotopic (exact) mass is 473 g/mol. The smallest absolute Gasteiger partial charge is 0.341 e. The van der Waals surface area contributed by atoms with E-state index in [1.54, 1.807) is 23.1 Å². The average molecular weight is 474 g/mol. The van der Waals surface area contributed by atoms with Crippen LogP contribution in [-0.2, 0) is 27.8 Å². The Kier molecular flexibility index (Phi) is 8.45. The van der Waals surface area contributed by atoms with E-state index < -0.39 is 0 Å². The van der Waals surface area contributed by atoms with Crippen LogP contribution in [0.3, 0.4) is 0 Å². The molecule has 1 N–H and O–H groups in total. The third kappa shape index (κ3) is 6.16. The van der Waals surface area contributed by atoms with Gasteiger partial charge in [-0.05, 0) is 67.7 Å². The van der Waals surface area contributed by atoms with Crippen LogP contribution in [0.1, 0.15) is 85.3 Å². The van der Waals surface area contributed by atoms with Crippen LogP contribution in [0, 0.1) is 6.92 Å². The third-order valence-electron chi connectivity index (χ3n) is 5.82. The van der Waals surface area contributed by atoms with Crippen LogP contribution in [0.4, 0.5) is 5.00 Å². The van der Waals surface area contributed by atoms with Crippen LogP contribution in [0.2, 0.25) is 0 Å². The van der Waals surface area contributed by atoms with E-state index in [1.807, 2.05) is 6.92 Å². The molecule has 0 bridgehead atoms. The largest absolute Gasteiger partial charge is 0.462 e. The maximum atomic E-state index is 12.9. The number of carbonyl (C=O) groups is 2. The molecule has 0 aliphatic heterocycles. The minimum absolute atomic E-state index is 0.0628. The van der Waals surface area contributed by atoms with Gasteiger partial charge in [0.2, 0.25) is 5.91 Å². The lowest BCUT2D eigenvalue weighted by atomic mass is 9.87. The standard InChI is InChI=1S/C26H35NO3S2/c1-6-30-25(29)23-19-11-9-7-8-10-12-20(19)32-24(23)27-22(28)16-31-21-15-18(26(3,4)5)14-13-17(21)2/h13-15H,6-12,16H2,1-5H3,(H,27,28). The van der Waals surface area contributed by atoms with Crippen molar-refractivity contribution in [1.29, 1.82) is 0 Å². The number of carbonyl (C=O) groups excluding carboxylic acids is 2. The molecule has 2 aromatic rings. The molecule has 0 spiro atoms. The Balaban J connectivity index is 1.77. The summed E-state index contributed by atoms with van der Waals surface area (Å²) >= 11 is 3.10. The zero-order chi connectivity index (χ0) is 23.3. The van der Waals surface area contributed by atoms with Crippen molar-refractivity contribution in [3.05, 3.63) is 45.3 Å². The van der Waals surface area contributed by atoms with Crippen molar-refractivity contribution in [2.75, 3.05) is 17.7 Å². The Labute approximate surface area is 200 Å². The van der Waals surface area contributed by atoms with Gasteiger partial charge < -0.3 is 10.1 Å². The predicted octanol–water partition coefficient (Wildman–Crippen LogP) is 6.92. The highest BCUT2D eigenvalue weighted by molar-refractivity contribution is 8.00. The first-order valence-corrected chi connectivity index (χ1v) is 13.4. The zero-order valence-corrected chi connectivity index (χ0v) is 21.6. The second kappa shape index (κ2) is 10.9. The van der Waals surface area contributed by atoms with Crippen LogP contribution in [-0.4, -0.2) is 24.2 Å². The Hall–Kier alpha value is -1.79. The van der Waals surface area contributed by atoms with Gasteiger partial charge in [-0.2, -0.15) is 0 Å². The van der Waals surface area contributed by atoms with Crippen molar-refractivity contribution in [2.45, 2.75) is 83.5 Å². The van der Waals surface area contributed by atoms with E-state index in [1.165, 1.54) is 28.8 Å². The molecule has 0 saturated heterocycles. The van der Waals surface area contributed by atoms with Gasteiger partial charge in [0.15, 0.2) is 0 Å². The molecule has 6 heteroatoms.